The number of ether oxygens (including phenoxy) is 4. The number of hydrogen-bond donors (Lipinski definition) is 1. The second-order valence-electron chi connectivity index (χ2n) is 17.4. The number of piperazine rings is 1. The van der Waals surface area contributed by atoms with Gasteiger partial charge in [-0.05, 0) is 73.7 Å². The van der Waals surface area contributed by atoms with E-state index in [9.17, 15) is 14.0 Å². The Kier molecular flexibility index (Phi) is 10.9. The summed E-state index contributed by atoms with van der Waals surface area (Å²) in [6.07, 6.45) is -7.72. The number of rotatable bonds is 6. The Morgan fingerprint density at radius 2 is 1.63 bits per heavy atom. The lowest BCUT2D eigenvalue weighted by molar-refractivity contribution is -0.137. The summed E-state index contributed by atoms with van der Waals surface area (Å²) in [5.41, 5.74) is -6.24. The van der Waals surface area contributed by atoms with Crippen molar-refractivity contribution in [1.29, 1.82) is 0 Å². The van der Waals surface area contributed by atoms with Crippen LogP contribution in [-0.4, -0.2) is 118 Å². The predicted octanol–water partition coefficient (Wildman–Crippen LogP) is 8.19. The predicted molar refractivity (Wildman–Crippen MR) is 208 cm³/mol. The Labute approximate surface area is 339 Å². The van der Waals surface area contributed by atoms with Crippen LogP contribution in [0, 0.1) is 11.6 Å². The van der Waals surface area contributed by atoms with Gasteiger partial charge in [-0.15, -0.1) is 0 Å². The third kappa shape index (κ3) is 8.66. The first kappa shape index (κ1) is 42.4. The van der Waals surface area contributed by atoms with Gasteiger partial charge in [0.05, 0.1) is 46.6 Å². The summed E-state index contributed by atoms with van der Waals surface area (Å²) in [6.45, 7) is 12.0. The number of hydrogen-bond acceptors (Lipinski definition) is 12. The van der Waals surface area contributed by atoms with Crippen LogP contribution in [0.2, 0.25) is 0 Å². The van der Waals surface area contributed by atoms with Crippen molar-refractivity contribution in [3.63, 3.8) is 0 Å². The van der Waals surface area contributed by atoms with Crippen molar-refractivity contribution in [2.45, 2.75) is 96.1 Å². The van der Waals surface area contributed by atoms with Crippen molar-refractivity contribution in [3.8, 4) is 17.1 Å². The number of morpholine rings is 1. The van der Waals surface area contributed by atoms with Gasteiger partial charge in [0.1, 0.15) is 41.1 Å². The zero-order chi connectivity index (χ0) is 43.0. The molecule has 20 heteroatoms. The van der Waals surface area contributed by atoms with E-state index in [2.05, 4.69) is 20.3 Å². The molecule has 4 aromatic rings. The fourth-order valence-corrected chi connectivity index (χ4v) is 8.53. The molecule has 2 aromatic heterocycles. The fourth-order valence-electron chi connectivity index (χ4n) is 7.65. The van der Waals surface area contributed by atoms with Crippen molar-refractivity contribution >= 4 is 55.6 Å². The molecule has 0 radical (unpaired) electrons. The lowest BCUT2D eigenvalue weighted by Crippen LogP contribution is -2.66. The second-order valence-corrected chi connectivity index (χ2v) is 18.4. The van der Waals surface area contributed by atoms with E-state index < -0.39 is 87.2 Å². The summed E-state index contributed by atoms with van der Waals surface area (Å²) in [4.78, 5) is 43.8. The molecule has 2 unspecified atom stereocenters. The number of nitrogens with one attached hydrogen (secondary N) is 1. The number of fused-ring (bicyclic) bond motifs is 4. The van der Waals surface area contributed by atoms with E-state index in [-0.39, 0.29) is 78.4 Å². The molecule has 0 spiro atoms. The summed E-state index contributed by atoms with van der Waals surface area (Å²) in [6, 6.07) is 0.904. The number of benzene rings is 2. The minimum Gasteiger partial charge on any atom is -0.461 e. The van der Waals surface area contributed by atoms with E-state index in [0.29, 0.717) is 11.3 Å². The number of carbonyl (C=O) groups excluding carboxylic acids is 2. The van der Waals surface area contributed by atoms with E-state index >= 15 is 22.0 Å². The molecule has 3 aliphatic rings. The topological polar surface area (TPSA) is 131 Å². The number of likely N-dealkylation sites (N-methyl/N-ethyl adjacent to an activating group) is 1. The number of likely N-dealkylation sites (tertiary alicyclic amines) is 1. The van der Waals surface area contributed by atoms with Crippen LogP contribution in [-0.2, 0) is 20.4 Å². The summed E-state index contributed by atoms with van der Waals surface area (Å²) >= 11 is 0.633. The van der Waals surface area contributed by atoms with Crippen LogP contribution in [0.4, 0.5) is 46.9 Å². The molecule has 7 rings (SSSR count). The van der Waals surface area contributed by atoms with Crippen LogP contribution in [0.5, 0.6) is 6.01 Å². The van der Waals surface area contributed by atoms with Gasteiger partial charge in [-0.3, -0.25) is 10.2 Å². The molecule has 2 aromatic carbocycles. The van der Waals surface area contributed by atoms with Crippen LogP contribution in [0.3, 0.4) is 0 Å². The molecule has 13 nitrogen and oxygen atoms in total. The van der Waals surface area contributed by atoms with Gasteiger partial charge in [-0.25, -0.2) is 27.7 Å². The molecule has 3 aliphatic heterocycles. The molecule has 3 fully saturated rings. The highest BCUT2D eigenvalue weighted by Gasteiger charge is 2.45. The monoisotopic (exact) mass is 853 g/mol. The number of amides is 2. The molecular weight excluding hydrogens is 809 g/mol. The molecule has 5 heterocycles. The highest BCUT2D eigenvalue weighted by atomic mass is 32.1. The number of thiazole rings is 1. The van der Waals surface area contributed by atoms with Gasteiger partial charge < -0.3 is 28.7 Å². The van der Waals surface area contributed by atoms with Gasteiger partial charge in [0, 0.05) is 42.6 Å². The van der Waals surface area contributed by atoms with Gasteiger partial charge >= 0.3 is 24.4 Å². The lowest BCUT2D eigenvalue weighted by atomic mass is 9.94. The number of carbonyl (C=O) groups is 2. The van der Waals surface area contributed by atoms with E-state index in [4.69, 9.17) is 18.9 Å². The number of halogens is 6. The molecule has 59 heavy (non-hydrogen) atoms. The van der Waals surface area contributed by atoms with Crippen LogP contribution >= 0.6 is 11.3 Å². The number of aromatic nitrogens is 3. The molecule has 3 saturated heterocycles. The van der Waals surface area contributed by atoms with Crippen molar-refractivity contribution in [2.75, 3.05) is 56.7 Å². The molecule has 2 amide bonds. The second kappa shape index (κ2) is 15.1. The van der Waals surface area contributed by atoms with Gasteiger partial charge in [0.25, 0.3) is 0 Å². The third-order valence-electron chi connectivity index (χ3n) is 10.3. The van der Waals surface area contributed by atoms with Gasteiger partial charge in [0.15, 0.2) is 10.9 Å². The molecule has 0 saturated carbocycles. The van der Waals surface area contributed by atoms with E-state index in [1.54, 1.807) is 65.3 Å². The maximum absolute atomic E-state index is 17.4. The van der Waals surface area contributed by atoms with Crippen molar-refractivity contribution in [1.82, 2.24) is 24.8 Å². The number of anilines is 2. The average Bonchev–Trinajstić information content (AvgIpc) is 3.64. The zero-order valence-electron chi connectivity index (χ0n) is 33.7. The largest absolute Gasteiger partial charge is 0.461 e. The molecule has 2 bridgehead atoms. The molecule has 4 atom stereocenters. The fraction of sp³-hybridized carbons (Fsp3) is 0.564. The SMILES string of the molecule is CN1C[C@H](F)C[C@]1(C)COc1nc(N2C3COCC2CN(C(=O)OC(C)(C)C)C3)c2cc(C(F)(F)F)c(-c3ccc(F)c4sc(NC(=O)OC(C)(C)C)nc34)c(F)c2n1. The Morgan fingerprint density at radius 3 is 2.22 bits per heavy atom. The standard InChI is InChI=1S/C39H45F6N7O6S/c1-36(2,3)57-34(53)49-33-47-29-22(9-10-25(41)30(29)59-33)26-24(39(43,44)45)11-23-28(27(26)42)46-32(56-18-38(7)12-19(40)13-50(38)8)48-31(23)52-20-14-51(15-21(52)17-55-16-20)35(54)58-37(4,5)6/h9-11,19-21H,12-18H2,1-8H3,(H,47,49,53)/t19-,20?,21?,38-/m1/s1. The van der Waals surface area contributed by atoms with Crippen LogP contribution in [0.15, 0.2) is 18.2 Å². The smallest absolute Gasteiger partial charge is 0.417 e. The van der Waals surface area contributed by atoms with E-state index in [1.165, 1.54) is 4.90 Å². The van der Waals surface area contributed by atoms with E-state index in [1.807, 2.05) is 0 Å². The van der Waals surface area contributed by atoms with Crippen LogP contribution in [0.25, 0.3) is 32.2 Å². The zero-order valence-corrected chi connectivity index (χ0v) is 34.5. The normalized spacial score (nSPS) is 22.9. The van der Waals surface area contributed by atoms with E-state index in [0.717, 1.165) is 18.2 Å². The van der Waals surface area contributed by atoms with Gasteiger partial charge in [0.2, 0.25) is 0 Å². The first-order chi connectivity index (χ1) is 27.4. The molecule has 0 aliphatic carbocycles. The van der Waals surface area contributed by atoms with Gasteiger partial charge in [-0.2, -0.15) is 23.1 Å². The minimum absolute atomic E-state index is 0.0393. The maximum atomic E-state index is 17.4. The Hall–Kier alpha value is -4.69. The summed E-state index contributed by atoms with van der Waals surface area (Å²) in [7, 11) is 1.72. The number of alkyl halides is 4. The average molecular weight is 854 g/mol. The van der Waals surface area contributed by atoms with Crippen molar-refractivity contribution < 1.29 is 54.9 Å². The van der Waals surface area contributed by atoms with Crippen LogP contribution in [0.1, 0.15) is 60.5 Å². The number of nitrogens with zero attached hydrogens (tertiary/aromatic N) is 6. The van der Waals surface area contributed by atoms with Crippen LogP contribution < -0.4 is 15.0 Å². The Balaban J connectivity index is 1.40. The Bertz CT molecular complexity index is 2280. The Morgan fingerprint density at radius 1 is 0.966 bits per heavy atom. The summed E-state index contributed by atoms with van der Waals surface area (Å²) in [5.74, 6) is -2.39. The minimum atomic E-state index is -5.18. The summed E-state index contributed by atoms with van der Waals surface area (Å²) in [5, 5.41) is 1.86. The van der Waals surface area contributed by atoms with Crippen molar-refractivity contribution in [2.24, 2.45) is 0 Å². The summed E-state index contributed by atoms with van der Waals surface area (Å²) < 4.78 is 116. The molecule has 320 valence electrons. The maximum Gasteiger partial charge on any atom is 0.417 e. The third-order valence-corrected chi connectivity index (χ3v) is 11.3. The lowest BCUT2D eigenvalue weighted by Gasteiger charge is -2.50. The first-order valence-corrected chi connectivity index (χ1v) is 19.8. The first-order valence-electron chi connectivity index (χ1n) is 18.9. The molecular formula is C39H45F6N7O6S. The highest BCUT2D eigenvalue weighted by molar-refractivity contribution is 7.22. The quantitative estimate of drug-likeness (QED) is 0.189. The van der Waals surface area contributed by atoms with Crippen molar-refractivity contribution in [3.05, 3.63) is 35.4 Å². The molecule has 1 N–H and O–H groups in total. The highest BCUT2D eigenvalue weighted by Crippen LogP contribution is 2.47. The van der Waals surface area contributed by atoms with Gasteiger partial charge in [-0.1, -0.05) is 11.3 Å².